The van der Waals surface area contributed by atoms with E-state index in [0.717, 1.165) is 25.7 Å². The van der Waals surface area contributed by atoms with E-state index in [2.05, 4.69) is 18.2 Å². The highest BCUT2D eigenvalue weighted by Gasteiger charge is 2.26. The number of hydrogen-bond donors (Lipinski definition) is 1. The zero-order chi connectivity index (χ0) is 12.8. The molecule has 1 aliphatic rings. The van der Waals surface area contributed by atoms with Gasteiger partial charge in [0.15, 0.2) is 0 Å². The number of allylic oxidation sites excluding steroid dienone is 1. The van der Waals surface area contributed by atoms with Crippen LogP contribution < -0.4 is 0 Å². The lowest BCUT2D eigenvalue weighted by atomic mass is 10.0. The minimum atomic E-state index is -0.347. The number of ether oxygens (including phenoxy) is 1. The molecule has 0 radical (unpaired) electrons. The Morgan fingerprint density at radius 1 is 1.28 bits per heavy atom. The van der Waals surface area contributed by atoms with Gasteiger partial charge in [-0.05, 0) is 31.7 Å². The topological polar surface area (TPSA) is 29.5 Å². The van der Waals surface area contributed by atoms with Crippen LogP contribution in [-0.2, 0) is 11.2 Å². The van der Waals surface area contributed by atoms with Crippen molar-refractivity contribution in [1.29, 1.82) is 0 Å². The van der Waals surface area contributed by atoms with E-state index in [1.807, 2.05) is 31.2 Å². The fourth-order valence-electron chi connectivity index (χ4n) is 2.48. The molecule has 0 aliphatic carbocycles. The van der Waals surface area contributed by atoms with Crippen molar-refractivity contribution in [1.82, 2.24) is 0 Å². The largest absolute Gasteiger partial charge is 0.390 e. The maximum absolute atomic E-state index is 10.1. The highest BCUT2D eigenvalue weighted by molar-refractivity contribution is 5.16. The molecule has 0 spiro atoms. The number of hydrogen-bond acceptors (Lipinski definition) is 2. The molecule has 18 heavy (non-hydrogen) atoms. The van der Waals surface area contributed by atoms with Gasteiger partial charge in [0.25, 0.3) is 0 Å². The van der Waals surface area contributed by atoms with Gasteiger partial charge in [-0.3, -0.25) is 0 Å². The number of aliphatic hydroxyl groups is 1. The molecule has 2 nitrogen and oxygen atoms in total. The lowest BCUT2D eigenvalue weighted by molar-refractivity contribution is -0.0481. The molecule has 0 bridgehead atoms. The van der Waals surface area contributed by atoms with Crippen molar-refractivity contribution in [3.63, 3.8) is 0 Å². The fourth-order valence-corrected chi connectivity index (χ4v) is 2.48. The van der Waals surface area contributed by atoms with Gasteiger partial charge in [-0.2, -0.15) is 0 Å². The molecule has 2 heteroatoms. The quantitative estimate of drug-likeness (QED) is 0.830. The van der Waals surface area contributed by atoms with Crippen molar-refractivity contribution < 1.29 is 9.84 Å². The molecular formula is C16H22O2. The van der Waals surface area contributed by atoms with Crippen molar-refractivity contribution in [2.45, 2.75) is 50.9 Å². The molecule has 1 aromatic rings. The lowest BCUT2D eigenvalue weighted by Crippen LogP contribution is -2.31. The van der Waals surface area contributed by atoms with Crippen LogP contribution in [0.15, 0.2) is 42.5 Å². The molecule has 3 atom stereocenters. The average Bonchev–Trinajstić information content (AvgIpc) is 2.54. The Balaban J connectivity index is 2.03. The maximum atomic E-state index is 10.1. The molecular weight excluding hydrogens is 224 g/mol. The minimum absolute atomic E-state index is 0.0869. The van der Waals surface area contributed by atoms with Crippen LogP contribution in [0.25, 0.3) is 0 Å². The van der Waals surface area contributed by atoms with Crippen molar-refractivity contribution >= 4 is 0 Å². The van der Waals surface area contributed by atoms with Gasteiger partial charge in [-0.1, -0.05) is 42.5 Å². The maximum Gasteiger partial charge on any atom is 0.0882 e. The van der Waals surface area contributed by atoms with Gasteiger partial charge in [0.2, 0.25) is 0 Å². The summed E-state index contributed by atoms with van der Waals surface area (Å²) in [6.45, 7) is 2.01. The molecule has 1 fully saturated rings. The van der Waals surface area contributed by atoms with Crippen molar-refractivity contribution in [3.8, 4) is 0 Å². The molecule has 2 rings (SSSR count). The normalized spacial score (nSPS) is 29.3. The monoisotopic (exact) mass is 246 g/mol. The molecule has 1 N–H and O–H groups in total. The SMILES string of the molecule is C/C=C/[C@H]1CCC[C@H](O)[C@@H](Cc2ccccc2)O1. The molecule has 98 valence electrons. The summed E-state index contributed by atoms with van der Waals surface area (Å²) in [5.74, 6) is 0. The predicted molar refractivity (Wildman–Crippen MR) is 73.5 cm³/mol. The van der Waals surface area contributed by atoms with Gasteiger partial charge in [0.05, 0.1) is 18.3 Å². The zero-order valence-corrected chi connectivity index (χ0v) is 11.0. The third-order valence-electron chi connectivity index (χ3n) is 3.45. The van der Waals surface area contributed by atoms with E-state index < -0.39 is 0 Å². The smallest absolute Gasteiger partial charge is 0.0882 e. The van der Waals surface area contributed by atoms with E-state index in [1.165, 1.54) is 5.56 Å². The summed E-state index contributed by atoms with van der Waals surface area (Å²) in [5.41, 5.74) is 1.22. The summed E-state index contributed by atoms with van der Waals surface area (Å²) in [6.07, 6.45) is 7.51. The standard InChI is InChI=1S/C16H22O2/c1-2-7-14-10-6-11-15(17)16(18-14)12-13-8-4-3-5-9-13/h2-5,7-9,14-17H,6,10-12H2,1H3/b7-2+/t14-,15-,16+/m0/s1. The molecule has 1 aliphatic heterocycles. The molecule has 0 amide bonds. The Hall–Kier alpha value is -1.12. The Bertz CT molecular complexity index is 372. The summed E-state index contributed by atoms with van der Waals surface area (Å²) < 4.78 is 6.03. The average molecular weight is 246 g/mol. The van der Waals surface area contributed by atoms with Crippen LogP contribution in [0.2, 0.25) is 0 Å². The molecule has 1 heterocycles. The third-order valence-corrected chi connectivity index (χ3v) is 3.45. The first-order chi connectivity index (χ1) is 8.79. The van der Waals surface area contributed by atoms with Gasteiger partial charge in [-0.25, -0.2) is 0 Å². The Kier molecular flexibility index (Phi) is 4.97. The lowest BCUT2D eigenvalue weighted by Gasteiger charge is -2.23. The van der Waals surface area contributed by atoms with Crippen molar-refractivity contribution in [2.75, 3.05) is 0 Å². The second kappa shape index (κ2) is 6.72. The number of aliphatic hydroxyl groups excluding tert-OH is 1. The zero-order valence-electron chi connectivity index (χ0n) is 11.0. The summed E-state index contributed by atoms with van der Waals surface area (Å²) in [5, 5.41) is 10.1. The van der Waals surface area contributed by atoms with Gasteiger partial charge in [-0.15, -0.1) is 0 Å². The van der Waals surface area contributed by atoms with Gasteiger partial charge in [0.1, 0.15) is 0 Å². The van der Waals surface area contributed by atoms with Crippen LogP contribution in [0.3, 0.4) is 0 Å². The molecule has 0 aromatic heterocycles. The van der Waals surface area contributed by atoms with Crippen molar-refractivity contribution in [2.24, 2.45) is 0 Å². The minimum Gasteiger partial charge on any atom is -0.390 e. The Morgan fingerprint density at radius 3 is 2.78 bits per heavy atom. The van der Waals surface area contributed by atoms with E-state index in [0.29, 0.717) is 0 Å². The van der Waals surface area contributed by atoms with Crippen LogP contribution in [0.4, 0.5) is 0 Å². The third kappa shape index (κ3) is 3.69. The van der Waals surface area contributed by atoms with E-state index >= 15 is 0 Å². The predicted octanol–water partition coefficient (Wildman–Crippen LogP) is 3.10. The van der Waals surface area contributed by atoms with Crippen LogP contribution in [0, 0.1) is 0 Å². The van der Waals surface area contributed by atoms with Crippen LogP contribution in [0.1, 0.15) is 31.7 Å². The second-order valence-electron chi connectivity index (χ2n) is 4.93. The van der Waals surface area contributed by atoms with Gasteiger partial charge in [0, 0.05) is 6.42 Å². The first-order valence-electron chi connectivity index (χ1n) is 6.80. The molecule has 1 aromatic carbocycles. The van der Waals surface area contributed by atoms with E-state index in [4.69, 9.17) is 4.74 Å². The fraction of sp³-hybridized carbons (Fsp3) is 0.500. The number of rotatable bonds is 3. The molecule has 1 saturated heterocycles. The molecule has 0 saturated carbocycles. The summed E-state index contributed by atoms with van der Waals surface area (Å²) in [6, 6.07) is 10.2. The summed E-state index contributed by atoms with van der Waals surface area (Å²) in [4.78, 5) is 0. The van der Waals surface area contributed by atoms with Crippen LogP contribution >= 0.6 is 0 Å². The highest BCUT2D eigenvalue weighted by Crippen LogP contribution is 2.22. The first kappa shape index (κ1) is 13.3. The summed E-state index contributed by atoms with van der Waals surface area (Å²) >= 11 is 0. The van der Waals surface area contributed by atoms with E-state index in [9.17, 15) is 5.11 Å². The molecule has 0 unspecified atom stereocenters. The van der Waals surface area contributed by atoms with Crippen LogP contribution in [0.5, 0.6) is 0 Å². The van der Waals surface area contributed by atoms with E-state index in [1.54, 1.807) is 0 Å². The highest BCUT2D eigenvalue weighted by atomic mass is 16.5. The van der Waals surface area contributed by atoms with Gasteiger partial charge < -0.3 is 9.84 Å². The first-order valence-corrected chi connectivity index (χ1v) is 6.80. The number of benzene rings is 1. The van der Waals surface area contributed by atoms with Crippen molar-refractivity contribution in [3.05, 3.63) is 48.0 Å². The Labute approximate surface area is 109 Å². The second-order valence-corrected chi connectivity index (χ2v) is 4.93. The summed E-state index contributed by atoms with van der Waals surface area (Å²) in [7, 11) is 0. The van der Waals surface area contributed by atoms with Crippen LogP contribution in [-0.4, -0.2) is 23.4 Å². The van der Waals surface area contributed by atoms with Gasteiger partial charge >= 0.3 is 0 Å². The Morgan fingerprint density at radius 2 is 2.06 bits per heavy atom. The van der Waals surface area contributed by atoms with E-state index in [-0.39, 0.29) is 18.3 Å².